The molecule has 2 aromatic rings. The zero-order chi connectivity index (χ0) is 16.8. The van der Waals surface area contributed by atoms with Crippen LogP contribution in [0.2, 0.25) is 0 Å². The summed E-state index contributed by atoms with van der Waals surface area (Å²) in [6.07, 6.45) is -4.84. The number of hydrogen-bond donors (Lipinski definition) is 0. The molecule has 0 nitrogen and oxygen atoms in total. The lowest BCUT2D eigenvalue weighted by Crippen LogP contribution is -2.10. The topological polar surface area (TPSA) is 0 Å². The Kier molecular flexibility index (Phi) is 4.37. The SMILES string of the molecule is Fc1c(F)c(F)c(-c2cccc(C(F)(F)F)c2I)c(F)c1F. The first kappa shape index (κ1) is 17.0. The molecule has 0 aliphatic heterocycles. The van der Waals surface area contributed by atoms with Crippen molar-refractivity contribution in [3.05, 3.63) is 56.4 Å². The minimum Gasteiger partial charge on any atom is -0.203 e. The molecular weight excluding hydrogens is 435 g/mol. The van der Waals surface area contributed by atoms with Gasteiger partial charge in [0.25, 0.3) is 0 Å². The molecule has 0 aromatic heterocycles. The van der Waals surface area contributed by atoms with E-state index in [4.69, 9.17) is 0 Å². The molecule has 0 amide bonds. The fraction of sp³-hybridized carbons (Fsp3) is 0.0769. The van der Waals surface area contributed by atoms with Gasteiger partial charge in [-0.25, -0.2) is 22.0 Å². The molecule has 0 atom stereocenters. The van der Waals surface area contributed by atoms with Gasteiger partial charge in [-0.3, -0.25) is 0 Å². The maximum Gasteiger partial charge on any atom is 0.417 e. The molecule has 0 radical (unpaired) electrons. The van der Waals surface area contributed by atoms with Crippen LogP contribution in [0.25, 0.3) is 11.1 Å². The largest absolute Gasteiger partial charge is 0.417 e. The van der Waals surface area contributed by atoms with Gasteiger partial charge in [-0.1, -0.05) is 12.1 Å². The normalized spacial score (nSPS) is 11.9. The summed E-state index contributed by atoms with van der Waals surface area (Å²) in [5.74, 6) is -11.2. The zero-order valence-corrected chi connectivity index (χ0v) is 12.3. The summed E-state index contributed by atoms with van der Waals surface area (Å²) in [4.78, 5) is 0. The van der Waals surface area contributed by atoms with Crippen LogP contribution in [0.4, 0.5) is 35.1 Å². The summed E-state index contributed by atoms with van der Waals surface area (Å²) in [6, 6.07) is 2.30. The van der Waals surface area contributed by atoms with Crippen molar-refractivity contribution >= 4 is 22.6 Å². The smallest absolute Gasteiger partial charge is 0.203 e. The van der Waals surface area contributed by atoms with Crippen LogP contribution in [0.1, 0.15) is 5.56 Å². The van der Waals surface area contributed by atoms with Gasteiger partial charge in [-0.05, 0) is 28.7 Å². The molecule has 2 aromatic carbocycles. The monoisotopic (exact) mass is 438 g/mol. The van der Waals surface area contributed by atoms with Crippen molar-refractivity contribution in [1.82, 2.24) is 0 Å². The van der Waals surface area contributed by atoms with Gasteiger partial charge in [0, 0.05) is 9.13 Å². The fourth-order valence-corrected chi connectivity index (χ4v) is 2.72. The van der Waals surface area contributed by atoms with E-state index in [9.17, 15) is 35.1 Å². The minimum absolute atomic E-state index is 0.636. The van der Waals surface area contributed by atoms with Crippen LogP contribution in [-0.4, -0.2) is 0 Å². The van der Waals surface area contributed by atoms with E-state index in [2.05, 4.69) is 0 Å². The predicted octanol–water partition coefficient (Wildman–Crippen LogP) is 5.67. The lowest BCUT2D eigenvalue weighted by atomic mass is 10.0. The van der Waals surface area contributed by atoms with Gasteiger partial charge in [0.15, 0.2) is 23.3 Å². The highest BCUT2D eigenvalue weighted by atomic mass is 127. The molecule has 0 aliphatic rings. The number of hydrogen-bond acceptors (Lipinski definition) is 0. The molecule has 0 saturated heterocycles. The maximum atomic E-state index is 13.7. The van der Waals surface area contributed by atoms with Crippen molar-refractivity contribution in [3.8, 4) is 11.1 Å². The molecule has 0 saturated carbocycles. The number of rotatable bonds is 1. The van der Waals surface area contributed by atoms with E-state index in [0.29, 0.717) is 6.07 Å². The van der Waals surface area contributed by atoms with Crippen molar-refractivity contribution < 1.29 is 35.1 Å². The maximum absolute atomic E-state index is 13.7. The molecule has 0 aliphatic carbocycles. The molecule has 22 heavy (non-hydrogen) atoms. The third-order valence-electron chi connectivity index (χ3n) is 2.78. The lowest BCUT2D eigenvalue weighted by Gasteiger charge is -2.14. The second kappa shape index (κ2) is 5.67. The van der Waals surface area contributed by atoms with E-state index in [1.54, 1.807) is 0 Å². The molecule has 9 heteroatoms. The van der Waals surface area contributed by atoms with E-state index in [0.717, 1.165) is 34.7 Å². The number of halogens is 9. The Morgan fingerprint density at radius 3 is 1.64 bits per heavy atom. The second-order valence-electron chi connectivity index (χ2n) is 4.11. The van der Waals surface area contributed by atoms with Crippen LogP contribution in [-0.2, 0) is 6.18 Å². The predicted molar refractivity (Wildman–Crippen MR) is 69.4 cm³/mol. The van der Waals surface area contributed by atoms with Gasteiger partial charge >= 0.3 is 6.18 Å². The standard InChI is InChI=1S/C13H3F8I/c14-7-6(8(15)10(17)11(18)9(7)16)4-2-1-3-5(12(4)22)13(19,20)21/h1-3H. The summed E-state index contributed by atoms with van der Waals surface area (Å²) in [5, 5.41) is 0. The Morgan fingerprint density at radius 2 is 1.18 bits per heavy atom. The number of benzene rings is 2. The Labute approximate surface area is 131 Å². The van der Waals surface area contributed by atoms with E-state index in [1.165, 1.54) is 0 Å². The van der Waals surface area contributed by atoms with Crippen molar-refractivity contribution in [2.75, 3.05) is 0 Å². The molecular formula is C13H3F8I. The molecule has 2 rings (SSSR count). The fourth-order valence-electron chi connectivity index (χ4n) is 1.79. The van der Waals surface area contributed by atoms with Gasteiger partial charge in [0.2, 0.25) is 5.82 Å². The van der Waals surface area contributed by atoms with Gasteiger partial charge in [-0.15, -0.1) is 0 Å². The Morgan fingerprint density at radius 1 is 0.727 bits per heavy atom. The molecule has 0 N–H and O–H groups in total. The molecule has 118 valence electrons. The summed E-state index contributed by atoms with van der Waals surface area (Å²) >= 11 is 1.14. The summed E-state index contributed by atoms with van der Waals surface area (Å²) in [5.41, 5.74) is -3.37. The molecule has 0 fully saturated rings. The van der Waals surface area contributed by atoms with Gasteiger partial charge in [0.1, 0.15) is 0 Å². The average Bonchev–Trinajstić information content (AvgIpc) is 2.43. The van der Waals surface area contributed by atoms with Crippen LogP contribution in [0.3, 0.4) is 0 Å². The van der Waals surface area contributed by atoms with E-state index < -0.39 is 55.5 Å². The Bertz CT molecular complexity index is 722. The van der Waals surface area contributed by atoms with Crippen LogP contribution in [0, 0.1) is 32.7 Å². The first-order chi connectivity index (χ1) is 10.1. The van der Waals surface area contributed by atoms with Crippen LogP contribution in [0.15, 0.2) is 18.2 Å². The number of alkyl halides is 3. The molecule has 0 bridgehead atoms. The minimum atomic E-state index is -4.84. The van der Waals surface area contributed by atoms with Crippen LogP contribution >= 0.6 is 22.6 Å². The summed E-state index contributed by atoms with van der Waals surface area (Å²) < 4.78 is 104. The van der Waals surface area contributed by atoms with E-state index in [-0.39, 0.29) is 0 Å². The van der Waals surface area contributed by atoms with Crippen molar-refractivity contribution in [3.63, 3.8) is 0 Å². The first-order valence-corrected chi connectivity index (χ1v) is 6.52. The van der Waals surface area contributed by atoms with Crippen LogP contribution in [0.5, 0.6) is 0 Å². The third kappa shape index (κ3) is 2.66. The summed E-state index contributed by atoms with van der Waals surface area (Å²) in [6.45, 7) is 0. The highest BCUT2D eigenvalue weighted by Crippen LogP contribution is 2.40. The molecule has 0 heterocycles. The first-order valence-electron chi connectivity index (χ1n) is 5.44. The summed E-state index contributed by atoms with van der Waals surface area (Å²) in [7, 11) is 0. The van der Waals surface area contributed by atoms with Gasteiger partial charge < -0.3 is 0 Å². The van der Waals surface area contributed by atoms with Crippen molar-refractivity contribution in [2.45, 2.75) is 6.18 Å². The van der Waals surface area contributed by atoms with Crippen LogP contribution < -0.4 is 0 Å². The Balaban J connectivity index is 2.85. The highest BCUT2D eigenvalue weighted by Gasteiger charge is 2.35. The van der Waals surface area contributed by atoms with Crippen molar-refractivity contribution in [1.29, 1.82) is 0 Å². The van der Waals surface area contributed by atoms with Crippen molar-refractivity contribution in [2.24, 2.45) is 0 Å². The average molecular weight is 438 g/mol. The highest BCUT2D eigenvalue weighted by molar-refractivity contribution is 14.1. The van der Waals surface area contributed by atoms with Gasteiger partial charge in [0.05, 0.1) is 11.1 Å². The second-order valence-corrected chi connectivity index (χ2v) is 5.19. The Hall–Kier alpha value is -1.39. The molecule has 0 spiro atoms. The van der Waals surface area contributed by atoms with E-state index >= 15 is 0 Å². The quantitative estimate of drug-likeness (QED) is 0.233. The molecule has 0 unspecified atom stereocenters. The van der Waals surface area contributed by atoms with E-state index in [1.807, 2.05) is 0 Å². The van der Waals surface area contributed by atoms with Gasteiger partial charge in [-0.2, -0.15) is 13.2 Å². The lowest BCUT2D eigenvalue weighted by molar-refractivity contribution is -0.138. The third-order valence-corrected chi connectivity index (χ3v) is 3.95. The zero-order valence-electron chi connectivity index (χ0n) is 10.1.